The Balaban J connectivity index is 1.97. The molecule has 152 valence electrons. The maximum absolute atomic E-state index is 12.4. The smallest absolute Gasteiger partial charge is 0.192 e. The predicted molar refractivity (Wildman–Crippen MR) is 119 cm³/mol. The Labute approximate surface area is 188 Å². The van der Waals surface area contributed by atoms with Crippen LogP contribution in [0, 0.1) is 11.3 Å². The molecule has 0 aliphatic carbocycles. The van der Waals surface area contributed by atoms with Crippen molar-refractivity contribution in [1.82, 2.24) is 14.8 Å². The third-order valence-corrected chi connectivity index (χ3v) is 5.70. The summed E-state index contributed by atoms with van der Waals surface area (Å²) in [5.74, 6) is 0.211. The van der Waals surface area contributed by atoms with Crippen LogP contribution >= 0.6 is 35.0 Å². The molecule has 0 saturated heterocycles. The monoisotopic (exact) mass is 457 g/mol. The molecule has 3 aromatic rings. The fourth-order valence-corrected chi connectivity index (χ4v) is 4.05. The van der Waals surface area contributed by atoms with Gasteiger partial charge in [0.15, 0.2) is 16.8 Å². The zero-order valence-corrected chi connectivity index (χ0v) is 18.3. The van der Waals surface area contributed by atoms with Crippen molar-refractivity contribution >= 4 is 40.7 Å². The summed E-state index contributed by atoms with van der Waals surface area (Å²) in [6.45, 7) is 2.01. The lowest BCUT2D eigenvalue weighted by Gasteiger charge is -2.11. The minimum atomic E-state index is -0.358. The Bertz CT molecular complexity index is 1150. The molecule has 0 saturated carbocycles. The predicted octanol–water partition coefficient (Wildman–Crippen LogP) is 4.72. The van der Waals surface area contributed by atoms with E-state index in [1.165, 1.54) is 18.7 Å². The molecule has 3 rings (SSSR count). The van der Waals surface area contributed by atoms with Crippen molar-refractivity contribution in [2.75, 3.05) is 5.75 Å². The van der Waals surface area contributed by atoms with Crippen LogP contribution in [-0.2, 0) is 11.3 Å². The average Bonchev–Trinajstić information content (AvgIpc) is 3.09. The topological polar surface area (TPSA) is 97.6 Å². The van der Waals surface area contributed by atoms with E-state index in [1.54, 1.807) is 18.2 Å². The summed E-state index contributed by atoms with van der Waals surface area (Å²) in [5, 5.41) is 19.2. The van der Waals surface area contributed by atoms with E-state index in [9.17, 15) is 4.79 Å². The van der Waals surface area contributed by atoms with Gasteiger partial charge in [-0.2, -0.15) is 5.26 Å². The Morgan fingerprint density at radius 1 is 1.20 bits per heavy atom. The van der Waals surface area contributed by atoms with Crippen molar-refractivity contribution in [3.05, 3.63) is 75.4 Å². The zero-order valence-electron chi connectivity index (χ0n) is 16.0. The standard InChI is InChI=1S/C21H17Cl2N5OS/c1-13(25)17(10-24)19(29)12-30-21-27-26-20(16-8-7-15(22)9-18(16)23)28(21)11-14-5-3-2-4-6-14/h2-9H,11-12,25H2,1H3/b17-13+. The minimum Gasteiger partial charge on any atom is -0.401 e. The van der Waals surface area contributed by atoms with Crippen LogP contribution in [0.2, 0.25) is 10.0 Å². The van der Waals surface area contributed by atoms with Crippen LogP contribution in [0.4, 0.5) is 0 Å². The number of nitriles is 1. The van der Waals surface area contributed by atoms with Crippen LogP contribution in [0.15, 0.2) is 65.0 Å². The molecule has 0 spiro atoms. The fourth-order valence-electron chi connectivity index (χ4n) is 2.75. The fraction of sp³-hybridized carbons (Fsp3) is 0.143. The number of allylic oxidation sites excluding steroid dienone is 2. The van der Waals surface area contributed by atoms with E-state index in [2.05, 4.69) is 10.2 Å². The lowest BCUT2D eigenvalue weighted by molar-refractivity contribution is -0.112. The molecule has 0 aliphatic heterocycles. The first-order valence-electron chi connectivity index (χ1n) is 8.85. The summed E-state index contributed by atoms with van der Waals surface area (Å²) in [5.41, 5.74) is 7.49. The number of hydrogen-bond acceptors (Lipinski definition) is 6. The number of aromatic nitrogens is 3. The first-order valence-corrected chi connectivity index (χ1v) is 10.6. The normalized spacial score (nSPS) is 11.7. The second-order valence-corrected chi connectivity index (χ2v) is 8.17. The summed E-state index contributed by atoms with van der Waals surface area (Å²) in [7, 11) is 0. The maximum atomic E-state index is 12.4. The number of benzene rings is 2. The molecule has 0 atom stereocenters. The number of rotatable bonds is 7. The average molecular weight is 458 g/mol. The second kappa shape index (κ2) is 9.81. The van der Waals surface area contributed by atoms with E-state index in [0.29, 0.717) is 33.1 Å². The van der Waals surface area contributed by atoms with Crippen molar-refractivity contribution in [2.24, 2.45) is 5.73 Å². The number of Topliss-reactive ketones (excluding diaryl/α,β-unsaturated/α-hetero) is 1. The van der Waals surface area contributed by atoms with E-state index in [4.69, 9.17) is 34.2 Å². The molecule has 30 heavy (non-hydrogen) atoms. The van der Waals surface area contributed by atoms with Crippen LogP contribution < -0.4 is 5.73 Å². The molecule has 0 bridgehead atoms. The van der Waals surface area contributed by atoms with Gasteiger partial charge in [-0.3, -0.25) is 9.36 Å². The quantitative estimate of drug-likeness (QED) is 0.313. The van der Waals surface area contributed by atoms with E-state index in [0.717, 1.165) is 5.56 Å². The van der Waals surface area contributed by atoms with Crippen molar-refractivity contribution in [3.63, 3.8) is 0 Å². The molecule has 6 nitrogen and oxygen atoms in total. The summed E-state index contributed by atoms with van der Waals surface area (Å²) in [6, 6.07) is 16.8. The van der Waals surface area contributed by atoms with Gasteiger partial charge in [-0.05, 0) is 30.7 Å². The van der Waals surface area contributed by atoms with Gasteiger partial charge in [0.2, 0.25) is 0 Å². The van der Waals surface area contributed by atoms with Gasteiger partial charge < -0.3 is 5.73 Å². The number of carbonyl (C=O) groups is 1. The lowest BCUT2D eigenvalue weighted by atomic mass is 10.2. The number of nitrogens with zero attached hydrogens (tertiary/aromatic N) is 4. The molecule has 0 fully saturated rings. The van der Waals surface area contributed by atoms with E-state index >= 15 is 0 Å². The van der Waals surface area contributed by atoms with Gasteiger partial charge >= 0.3 is 0 Å². The van der Waals surface area contributed by atoms with Gasteiger partial charge in [-0.15, -0.1) is 10.2 Å². The minimum absolute atomic E-state index is 0.0126. The molecule has 2 aromatic carbocycles. The van der Waals surface area contributed by atoms with E-state index in [1.807, 2.05) is 41.0 Å². The summed E-state index contributed by atoms with van der Waals surface area (Å²) >= 11 is 13.6. The Morgan fingerprint density at radius 2 is 1.93 bits per heavy atom. The third-order valence-electron chi connectivity index (χ3n) is 4.19. The second-order valence-electron chi connectivity index (χ2n) is 6.38. The molecule has 1 aromatic heterocycles. The van der Waals surface area contributed by atoms with E-state index < -0.39 is 0 Å². The van der Waals surface area contributed by atoms with Gasteiger partial charge in [0.05, 0.1) is 17.3 Å². The zero-order chi connectivity index (χ0) is 21.7. The number of thioether (sulfide) groups is 1. The van der Waals surface area contributed by atoms with Gasteiger partial charge in [0.1, 0.15) is 11.6 Å². The highest BCUT2D eigenvalue weighted by molar-refractivity contribution is 7.99. The highest BCUT2D eigenvalue weighted by atomic mass is 35.5. The van der Waals surface area contributed by atoms with Crippen LogP contribution in [0.5, 0.6) is 0 Å². The van der Waals surface area contributed by atoms with E-state index in [-0.39, 0.29) is 22.8 Å². The lowest BCUT2D eigenvalue weighted by Crippen LogP contribution is -2.11. The third kappa shape index (κ3) is 5.03. The number of hydrogen-bond donors (Lipinski definition) is 1. The van der Waals surface area contributed by atoms with Gasteiger partial charge in [0, 0.05) is 16.3 Å². The van der Waals surface area contributed by atoms with Crippen molar-refractivity contribution < 1.29 is 4.79 Å². The van der Waals surface area contributed by atoms with Crippen molar-refractivity contribution in [3.8, 4) is 17.5 Å². The van der Waals surface area contributed by atoms with Crippen LogP contribution in [0.25, 0.3) is 11.4 Å². The number of ketones is 1. The Kier molecular flexibility index (Phi) is 7.16. The first kappa shape index (κ1) is 21.9. The van der Waals surface area contributed by atoms with Crippen LogP contribution in [0.3, 0.4) is 0 Å². The molecule has 1 heterocycles. The van der Waals surface area contributed by atoms with Crippen molar-refractivity contribution in [1.29, 1.82) is 5.26 Å². The molecule has 2 N–H and O–H groups in total. The number of nitrogens with two attached hydrogens (primary N) is 1. The first-order chi connectivity index (χ1) is 14.4. The van der Waals surface area contributed by atoms with Gasteiger partial charge in [-0.25, -0.2) is 0 Å². The summed E-state index contributed by atoms with van der Waals surface area (Å²) in [6.07, 6.45) is 0. The molecule has 0 unspecified atom stereocenters. The molecular weight excluding hydrogens is 441 g/mol. The summed E-state index contributed by atoms with van der Waals surface area (Å²) in [4.78, 5) is 12.4. The van der Waals surface area contributed by atoms with Crippen LogP contribution in [0.1, 0.15) is 12.5 Å². The molecule has 0 amide bonds. The molecule has 0 radical (unpaired) electrons. The van der Waals surface area contributed by atoms with Crippen molar-refractivity contribution in [2.45, 2.75) is 18.6 Å². The summed E-state index contributed by atoms with van der Waals surface area (Å²) < 4.78 is 1.88. The largest absolute Gasteiger partial charge is 0.401 e. The maximum Gasteiger partial charge on any atom is 0.192 e. The Morgan fingerprint density at radius 3 is 2.57 bits per heavy atom. The Hall–Kier alpha value is -2.79. The molecule has 0 aliphatic rings. The van der Waals surface area contributed by atoms with Gasteiger partial charge in [0.25, 0.3) is 0 Å². The highest BCUT2D eigenvalue weighted by Crippen LogP contribution is 2.32. The molecular formula is C21H17Cl2N5OS. The highest BCUT2D eigenvalue weighted by Gasteiger charge is 2.19. The van der Waals surface area contributed by atoms with Gasteiger partial charge in [-0.1, -0.05) is 65.3 Å². The number of halogens is 2. The number of carbonyl (C=O) groups excluding carboxylic acids is 1. The molecule has 9 heteroatoms. The van der Waals surface area contributed by atoms with Crippen LogP contribution in [-0.4, -0.2) is 26.3 Å². The SMILES string of the molecule is C/C(N)=C(/C#N)C(=O)CSc1nnc(-c2ccc(Cl)cc2Cl)n1Cc1ccccc1.